The number of alkyl halides is 1. The van der Waals surface area contributed by atoms with Gasteiger partial charge in [-0.05, 0) is 12.5 Å². The van der Waals surface area contributed by atoms with Gasteiger partial charge in [0.05, 0.1) is 17.2 Å². The van der Waals surface area contributed by atoms with Gasteiger partial charge < -0.3 is 10.1 Å². The van der Waals surface area contributed by atoms with Gasteiger partial charge in [-0.2, -0.15) is 0 Å². The number of carbonyl (C=O) groups excluding carboxylic acids is 1. The predicted octanol–water partition coefficient (Wildman–Crippen LogP) is 4.63. The van der Waals surface area contributed by atoms with Gasteiger partial charge in [-0.3, -0.25) is 4.99 Å². The number of carbonyl (C=O) groups is 1. The van der Waals surface area contributed by atoms with Crippen LogP contribution in [0.5, 0.6) is 0 Å². The van der Waals surface area contributed by atoms with Gasteiger partial charge in [-0.25, -0.2) is 14.2 Å². The zero-order chi connectivity index (χ0) is 19.4. The van der Waals surface area contributed by atoms with Crippen molar-refractivity contribution in [2.24, 2.45) is 4.99 Å². The minimum Gasteiger partial charge on any atom is -0.462 e. The second kappa shape index (κ2) is 8.95. The van der Waals surface area contributed by atoms with E-state index < -0.39 is 17.8 Å². The van der Waals surface area contributed by atoms with Crippen molar-refractivity contribution in [2.45, 2.75) is 19.4 Å². The highest BCUT2D eigenvalue weighted by Gasteiger charge is 2.34. The number of aliphatic imine (C=N–C) groups is 1. The molecule has 0 amide bonds. The number of allylic oxidation sites excluding steroid dienone is 1. The summed E-state index contributed by atoms with van der Waals surface area (Å²) in [6.07, 6.45) is 2.35. The first-order valence-electron chi connectivity index (χ1n) is 8.21. The highest BCUT2D eigenvalue weighted by Crippen LogP contribution is 2.37. The maximum absolute atomic E-state index is 14.1. The highest BCUT2D eigenvalue weighted by molar-refractivity contribution is 9.09. The van der Waals surface area contributed by atoms with Crippen molar-refractivity contribution in [3.63, 3.8) is 0 Å². The van der Waals surface area contributed by atoms with E-state index in [-0.39, 0.29) is 11.6 Å². The fourth-order valence-electron chi connectivity index (χ4n) is 2.62. The van der Waals surface area contributed by atoms with E-state index in [9.17, 15) is 9.18 Å². The van der Waals surface area contributed by atoms with Crippen molar-refractivity contribution in [1.29, 1.82) is 0 Å². The SMILES string of the molecule is CCCOC(=O)C1=C(CBr)NC(c2nccs2)=NC1c1cccc(F)c1Cl. The third kappa shape index (κ3) is 4.23. The Labute approximate surface area is 173 Å². The first-order chi connectivity index (χ1) is 13.1. The van der Waals surface area contributed by atoms with E-state index in [1.165, 1.54) is 17.4 Å². The van der Waals surface area contributed by atoms with Crippen LogP contribution in [0, 0.1) is 5.82 Å². The number of esters is 1. The van der Waals surface area contributed by atoms with E-state index in [1.54, 1.807) is 18.3 Å². The van der Waals surface area contributed by atoms with Gasteiger partial charge in [-0.1, -0.05) is 46.6 Å². The fourth-order valence-corrected chi connectivity index (χ4v) is 3.88. The zero-order valence-electron chi connectivity index (χ0n) is 14.3. The zero-order valence-corrected chi connectivity index (χ0v) is 17.5. The van der Waals surface area contributed by atoms with E-state index in [0.717, 1.165) is 0 Å². The smallest absolute Gasteiger partial charge is 0.338 e. The lowest BCUT2D eigenvalue weighted by molar-refractivity contribution is -0.139. The average Bonchev–Trinajstić information content (AvgIpc) is 3.22. The molecule has 0 spiro atoms. The highest BCUT2D eigenvalue weighted by atomic mass is 79.9. The van der Waals surface area contributed by atoms with Crippen LogP contribution in [0.4, 0.5) is 4.39 Å². The van der Waals surface area contributed by atoms with Gasteiger partial charge in [0, 0.05) is 28.2 Å². The van der Waals surface area contributed by atoms with Crippen molar-refractivity contribution in [2.75, 3.05) is 11.9 Å². The molecule has 1 atom stereocenters. The fraction of sp³-hybridized carbons (Fsp3) is 0.278. The number of hydrogen-bond acceptors (Lipinski definition) is 6. The molecule has 0 saturated heterocycles. The summed E-state index contributed by atoms with van der Waals surface area (Å²) in [6.45, 7) is 2.19. The van der Waals surface area contributed by atoms with Crippen molar-refractivity contribution in [1.82, 2.24) is 10.3 Å². The van der Waals surface area contributed by atoms with Gasteiger partial charge in [0.2, 0.25) is 0 Å². The Hall–Kier alpha value is -1.77. The second-order valence-corrected chi connectivity index (χ2v) is 7.48. The molecule has 0 saturated carbocycles. The van der Waals surface area contributed by atoms with Crippen LogP contribution in [0.1, 0.15) is 30.0 Å². The third-order valence-corrected chi connectivity index (χ3v) is 5.57. The van der Waals surface area contributed by atoms with Gasteiger partial charge >= 0.3 is 5.97 Å². The number of nitrogens with one attached hydrogen (secondary N) is 1. The van der Waals surface area contributed by atoms with Crippen LogP contribution in [0.3, 0.4) is 0 Å². The lowest BCUT2D eigenvalue weighted by Gasteiger charge is -2.27. The number of amidine groups is 1. The molecular weight excluding hydrogens is 457 g/mol. The van der Waals surface area contributed by atoms with Crippen LogP contribution >= 0.6 is 38.9 Å². The van der Waals surface area contributed by atoms with E-state index in [4.69, 9.17) is 16.3 Å². The molecule has 2 heterocycles. The van der Waals surface area contributed by atoms with Gasteiger partial charge in [0.1, 0.15) is 11.9 Å². The maximum Gasteiger partial charge on any atom is 0.338 e. The first kappa shape index (κ1) is 20.0. The van der Waals surface area contributed by atoms with Crippen LogP contribution in [-0.2, 0) is 9.53 Å². The first-order valence-corrected chi connectivity index (χ1v) is 10.6. The van der Waals surface area contributed by atoms with Crippen molar-refractivity contribution < 1.29 is 13.9 Å². The monoisotopic (exact) mass is 471 g/mol. The quantitative estimate of drug-likeness (QED) is 0.492. The Balaban J connectivity index is 2.13. The molecule has 27 heavy (non-hydrogen) atoms. The molecule has 1 aliphatic heterocycles. The van der Waals surface area contributed by atoms with E-state index in [2.05, 4.69) is 31.2 Å². The maximum atomic E-state index is 14.1. The third-order valence-electron chi connectivity index (χ3n) is 3.83. The number of aromatic nitrogens is 1. The second-order valence-electron chi connectivity index (χ2n) is 5.65. The standard InChI is InChI=1S/C18H16BrClFN3O2S/c1-2-7-26-18(25)13-12(9-19)23-16(17-22-6-8-27-17)24-15(13)10-4-3-5-11(21)14(10)20/h3-6,8,15H,2,7,9H2,1H3,(H,23,24). The van der Waals surface area contributed by atoms with Crippen LogP contribution in [-0.4, -0.2) is 28.7 Å². The number of nitrogens with zero attached hydrogens (tertiary/aromatic N) is 2. The Morgan fingerprint density at radius 2 is 2.30 bits per heavy atom. The Bertz CT molecular complexity index is 902. The molecule has 1 unspecified atom stereocenters. The largest absolute Gasteiger partial charge is 0.462 e. The molecule has 142 valence electrons. The van der Waals surface area contributed by atoms with Crippen LogP contribution < -0.4 is 5.32 Å². The summed E-state index contributed by atoms with van der Waals surface area (Å²) in [4.78, 5) is 21.6. The lowest BCUT2D eigenvalue weighted by Crippen LogP contribution is -2.34. The van der Waals surface area contributed by atoms with Crippen molar-refractivity contribution in [3.8, 4) is 0 Å². The summed E-state index contributed by atoms with van der Waals surface area (Å²) in [7, 11) is 0. The average molecular weight is 473 g/mol. The summed E-state index contributed by atoms with van der Waals surface area (Å²) < 4.78 is 19.4. The molecule has 0 fully saturated rings. The summed E-state index contributed by atoms with van der Waals surface area (Å²) >= 11 is 11.0. The molecule has 1 aromatic heterocycles. The normalized spacial score (nSPS) is 16.7. The Kier molecular flexibility index (Phi) is 6.62. The van der Waals surface area contributed by atoms with Crippen LogP contribution in [0.15, 0.2) is 46.0 Å². The topological polar surface area (TPSA) is 63.6 Å². The molecule has 1 aromatic carbocycles. The number of benzene rings is 1. The summed E-state index contributed by atoms with van der Waals surface area (Å²) in [6, 6.07) is 3.66. The van der Waals surface area contributed by atoms with Crippen molar-refractivity contribution in [3.05, 3.63) is 62.5 Å². The Morgan fingerprint density at radius 3 is 2.96 bits per heavy atom. The molecule has 5 nitrogen and oxygen atoms in total. The number of rotatable bonds is 6. The molecule has 3 rings (SSSR count). The summed E-state index contributed by atoms with van der Waals surface area (Å²) in [5.41, 5.74) is 1.28. The summed E-state index contributed by atoms with van der Waals surface area (Å²) in [5.74, 6) is -0.580. The number of halogens is 3. The van der Waals surface area contributed by atoms with E-state index in [0.29, 0.717) is 39.4 Å². The van der Waals surface area contributed by atoms with Gasteiger partial charge in [0.25, 0.3) is 0 Å². The lowest BCUT2D eigenvalue weighted by atomic mass is 9.96. The van der Waals surface area contributed by atoms with Crippen molar-refractivity contribution >= 4 is 50.7 Å². The molecule has 0 radical (unpaired) electrons. The summed E-state index contributed by atoms with van der Waals surface area (Å²) in [5, 5.41) is 5.91. The molecule has 2 aromatic rings. The number of thiazole rings is 1. The molecule has 9 heteroatoms. The molecule has 0 aliphatic carbocycles. The van der Waals surface area contributed by atoms with E-state index in [1.807, 2.05) is 12.3 Å². The van der Waals surface area contributed by atoms with Gasteiger partial charge in [0.15, 0.2) is 10.8 Å². The van der Waals surface area contributed by atoms with Crippen LogP contribution in [0.25, 0.3) is 0 Å². The molecule has 1 aliphatic rings. The number of hydrogen-bond donors (Lipinski definition) is 1. The van der Waals surface area contributed by atoms with Gasteiger partial charge in [-0.15, -0.1) is 11.3 Å². The van der Waals surface area contributed by atoms with E-state index >= 15 is 0 Å². The Morgan fingerprint density at radius 1 is 1.48 bits per heavy atom. The van der Waals surface area contributed by atoms with Crippen LogP contribution in [0.2, 0.25) is 5.02 Å². The number of ether oxygens (including phenoxy) is 1. The predicted molar refractivity (Wildman–Crippen MR) is 108 cm³/mol. The molecule has 0 bridgehead atoms. The molecule has 1 N–H and O–H groups in total. The minimum absolute atomic E-state index is 0.0682. The minimum atomic E-state index is -0.801. The molecular formula is C18H16BrClFN3O2S.